The Morgan fingerprint density at radius 1 is 1.33 bits per heavy atom. The smallest absolute Gasteiger partial charge is 0.293 e. The van der Waals surface area contributed by atoms with E-state index in [1.165, 1.54) is 0 Å². The van der Waals surface area contributed by atoms with Crippen molar-refractivity contribution in [2.24, 2.45) is 0 Å². The molecular formula is C12H17N3O2S. The van der Waals surface area contributed by atoms with Crippen LogP contribution in [0.3, 0.4) is 0 Å². The molecule has 0 bridgehead atoms. The van der Waals surface area contributed by atoms with Crippen molar-refractivity contribution in [2.45, 2.75) is 33.7 Å². The van der Waals surface area contributed by atoms with E-state index in [4.69, 9.17) is 12.2 Å². The molecule has 0 atom stereocenters. The first kappa shape index (κ1) is 14.4. The summed E-state index contributed by atoms with van der Waals surface area (Å²) >= 11 is 5.09. The SMILES string of the molecule is Cc1cc(NC(=S)NC(C)C)c([N+](=O)[O-])cc1C. The Morgan fingerprint density at radius 2 is 1.89 bits per heavy atom. The molecule has 0 fully saturated rings. The summed E-state index contributed by atoms with van der Waals surface area (Å²) in [5.74, 6) is 0. The minimum absolute atomic E-state index is 0.0333. The number of anilines is 1. The number of hydrogen-bond acceptors (Lipinski definition) is 3. The average Bonchev–Trinajstić information content (AvgIpc) is 2.21. The molecule has 5 nitrogen and oxygen atoms in total. The molecular weight excluding hydrogens is 250 g/mol. The van der Waals surface area contributed by atoms with Crippen molar-refractivity contribution in [3.05, 3.63) is 33.4 Å². The lowest BCUT2D eigenvalue weighted by molar-refractivity contribution is -0.384. The van der Waals surface area contributed by atoms with Crippen molar-refractivity contribution in [1.29, 1.82) is 0 Å². The quantitative estimate of drug-likeness (QED) is 0.501. The first-order valence-corrected chi connectivity index (χ1v) is 6.05. The standard InChI is InChI=1S/C12H17N3O2S/c1-7(2)13-12(18)14-10-5-8(3)9(4)6-11(10)15(16)17/h5-7H,1-4H3,(H2,13,14,18). The number of hydrogen-bond donors (Lipinski definition) is 2. The second-order valence-electron chi connectivity index (χ2n) is 4.46. The maximum absolute atomic E-state index is 11.0. The first-order chi connectivity index (χ1) is 8.31. The molecule has 1 rings (SSSR count). The van der Waals surface area contributed by atoms with Gasteiger partial charge in [-0.3, -0.25) is 10.1 Å². The Bertz CT molecular complexity index is 486. The molecule has 0 aliphatic carbocycles. The van der Waals surface area contributed by atoms with Crippen LogP contribution in [0.1, 0.15) is 25.0 Å². The molecule has 0 saturated heterocycles. The van der Waals surface area contributed by atoms with Gasteiger partial charge in [0.15, 0.2) is 5.11 Å². The fraction of sp³-hybridized carbons (Fsp3) is 0.417. The molecule has 0 unspecified atom stereocenters. The van der Waals surface area contributed by atoms with E-state index >= 15 is 0 Å². The molecule has 0 radical (unpaired) electrons. The monoisotopic (exact) mass is 267 g/mol. The van der Waals surface area contributed by atoms with Gasteiger partial charge in [0.2, 0.25) is 0 Å². The topological polar surface area (TPSA) is 67.2 Å². The lowest BCUT2D eigenvalue weighted by Crippen LogP contribution is -2.34. The maximum Gasteiger partial charge on any atom is 0.293 e. The number of nitro groups is 1. The van der Waals surface area contributed by atoms with Crippen molar-refractivity contribution in [1.82, 2.24) is 5.32 Å². The van der Waals surface area contributed by atoms with Crippen LogP contribution in [0.15, 0.2) is 12.1 Å². The van der Waals surface area contributed by atoms with Gasteiger partial charge in [-0.1, -0.05) is 0 Å². The lowest BCUT2D eigenvalue weighted by atomic mass is 10.1. The van der Waals surface area contributed by atoms with Crippen LogP contribution >= 0.6 is 12.2 Å². The minimum atomic E-state index is -0.410. The normalized spacial score (nSPS) is 10.3. The Morgan fingerprint density at radius 3 is 2.39 bits per heavy atom. The highest BCUT2D eigenvalue weighted by atomic mass is 32.1. The molecule has 0 aliphatic rings. The van der Waals surface area contributed by atoms with Gasteiger partial charge in [-0.25, -0.2) is 0 Å². The van der Waals surface area contributed by atoms with Crippen LogP contribution in [0.4, 0.5) is 11.4 Å². The van der Waals surface area contributed by atoms with Gasteiger partial charge in [-0.05, 0) is 57.1 Å². The predicted octanol–water partition coefficient (Wildman–Crippen LogP) is 2.91. The molecule has 0 aromatic heterocycles. The zero-order valence-corrected chi connectivity index (χ0v) is 11.7. The highest BCUT2D eigenvalue weighted by Crippen LogP contribution is 2.27. The molecule has 2 N–H and O–H groups in total. The van der Waals surface area contributed by atoms with E-state index in [0.717, 1.165) is 11.1 Å². The van der Waals surface area contributed by atoms with Crippen molar-refractivity contribution < 1.29 is 4.92 Å². The number of nitrogens with one attached hydrogen (secondary N) is 2. The summed E-state index contributed by atoms with van der Waals surface area (Å²) in [5.41, 5.74) is 2.32. The van der Waals surface area contributed by atoms with E-state index < -0.39 is 4.92 Å². The first-order valence-electron chi connectivity index (χ1n) is 5.64. The maximum atomic E-state index is 11.0. The van der Waals surface area contributed by atoms with Gasteiger partial charge in [-0.2, -0.15) is 0 Å². The van der Waals surface area contributed by atoms with Gasteiger partial charge in [0.05, 0.1) is 4.92 Å². The number of rotatable bonds is 3. The molecule has 18 heavy (non-hydrogen) atoms. The van der Waals surface area contributed by atoms with Crippen molar-refractivity contribution >= 4 is 28.7 Å². The average molecular weight is 267 g/mol. The van der Waals surface area contributed by atoms with E-state index in [9.17, 15) is 10.1 Å². The van der Waals surface area contributed by atoms with Crippen molar-refractivity contribution in [2.75, 3.05) is 5.32 Å². The molecule has 1 aromatic rings. The van der Waals surface area contributed by atoms with Crippen LogP contribution in [0.5, 0.6) is 0 Å². The lowest BCUT2D eigenvalue weighted by Gasteiger charge is -2.14. The van der Waals surface area contributed by atoms with Gasteiger partial charge in [0.25, 0.3) is 5.69 Å². The third-order valence-electron chi connectivity index (χ3n) is 2.48. The summed E-state index contributed by atoms with van der Waals surface area (Å²) in [4.78, 5) is 10.6. The highest BCUT2D eigenvalue weighted by molar-refractivity contribution is 7.80. The van der Waals surface area contributed by atoms with E-state index in [0.29, 0.717) is 10.8 Å². The second-order valence-corrected chi connectivity index (χ2v) is 4.87. The van der Waals surface area contributed by atoms with E-state index in [-0.39, 0.29) is 11.7 Å². The van der Waals surface area contributed by atoms with Gasteiger partial charge in [0.1, 0.15) is 5.69 Å². The number of nitro benzene ring substituents is 1. The number of benzene rings is 1. The van der Waals surface area contributed by atoms with Crippen molar-refractivity contribution in [3.63, 3.8) is 0 Å². The molecule has 6 heteroatoms. The van der Waals surface area contributed by atoms with Crippen LogP contribution in [0.2, 0.25) is 0 Å². The summed E-state index contributed by atoms with van der Waals surface area (Å²) in [6.45, 7) is 7.64. The van der Waals surface area contributed by atoms with E-state index in [1.807, 2.05) is 27.7 Å². The van der Waals surface area contributed by atoms with Gasteiger partial charge in [0, 0.05) is 12.1 Å². The molecule has 0 heterocycles. The van der Waals surface area contributed by atoms with Crippen LogP contribution in [0, 0.1) is 24.0 Å². The number of thiocarbonyl (C=S) groups is 1. The largest absolute Gasteiger partial charge is 0.360 e. The van der Waals surface area contributed by atoms with Gasteiger partial charge >= 0.3 is 0 Å². The van der Waals surface area contributed by atoms with Crippen LogP contribution in [-0.2, 0) is 0 Å². The summed E-state index contributed by atoms with van der Waals surface area (Å²) in [6.07, 6.45) is 0. The Hall–Kier alpha value is -1.69. The zero-order chi connectivity index (χ0) is 13.9. The Labute approximate surface area is 112 Å². The summed E-state index contributed by atoms with van der Waals surface area (Å²) in [6, 6.07) is 3.47. The fourth-order valence-corrected chi connectivity index (χ4v) is 1.82. The summed E-state index contributed by atoms with van der Waals surface area (Å²) in [7, 11) is 0. The minimum Gasteiger partial charge on any atom is -0.360 e. The second kappa shape index (κ2) is 5.77. The predicted molar refractivity (Wildman–Crippen MR) is 77.1 cm³/mol. The summed E-state index contributed by atoms with van der Waals surface area (Å²) < 4.78 is 0. The third-order valence-corrected chi connectivity index (χ3v) is 2.70. The zero-order valence-electron chi connectivity index (χ0n) is 10.9. The molecule has 1 aromatic carbocycles. The Balaban J connectivity index is 3.04. The summed E-state index contributed by atoms with van der Waals surface area (Å²) in [5, 5.41) is 17.2. The third kappa shape index (κ3) is 3.66. The Kier molecular flexibility index (Phi) is 4.61. The van der Waals surface area contributed by atoms with E-state index in [1.54, 1.807) is 12.1 Å². The van der Waals surface area contributed by atoms with Gasteiger partial charge < -0.3 is 10.6 Å². The van der Waals surface area contributed by atoms with Crippen LogP contribution in [-0.4, -0.2) is 16.1 Å². The molecule has 0 spiro atoms. The van der Waals surface area contributed by atoms with Crippen LogP contribution in [0.25, 0.3) is 0 Å². The molecule has 0 aliphatic heterocycles. The van der Waals surface area contributed by atoms with E-state index in [2.05, 4.69) is 10.6 Å². The molecule has 0 saturated carbocycles. The molecule has 0 amide bonds. The fourth-order valence-electron chi connectivity index (χ4n) is 1.47. The van der Waals surface area contributed by atoms with Gasteiger partial charge in [-0.15, -0.1) is 0 Å². The molecule has 98 valence electrons. The van der Waals surface area contributed by atoms with Crippen LogP contribution < -0.4 is 10.6 Å². The number of aryl methyl sites for hydroxylation is 2. The number of nitrogens with zero attached hydrogens (tertiary/aromatic N) is 1. The highest BCUT2D eigenvalue weighted by Gasteiger charge is 2.16. The van der Waals surface area contributed by atoms with Crippen molar-refractivity contribution in [3.8, 4) is 0 Å².